The van der Waals surface area contributed by atoms with Gasteiger partial charge in [0.2, 0.25) is 0 Å². The van der Waals surface area contributed by atoms with E-state index in [-0.39, 0.29) is 5.91 Å². The second-order valence-electron chi connectivity index (χ2n) is 4.42. The Balaban J connectivity index is 2.34. The predicted octanol–water partition coefficient (Wildman–Crippen LogP) is 2.26. The lowest BCUT2D eigenvalue weighted by atomic mass is 10.1. The molecule has 2 aromatic rings. The van der Waals surface area contributed by atoms with E-state index >= 15 is 0 Å². The highest BCUT2D eigenvalue weighted by atomic mass is 16.5. The Morgan fingerprint density at radius 2 is 2.20 bits per heavy atom. The van der Waals surface area contributed by atoms with Gasteiger partial charge in [-0.1, -0.05) is 6.07 Å². The van der Waals surface area contributed by atoms with E-state index in [1.54, 1.807) is 18.2 Å². The van der Waals surface area contributed by atoms with Crippen LogP contribution in [0.1, 0.15) is 28.7 Å². The van der Waals surface area contributed by atoms with Crippen molar-refractivity contribution in [2.75, 3.05) is 17.7 Å². The first kappa shape index (κ1) is 13.9. The summed E-state index contributed by atoms with van der Waals surface area (Å²) in [5.74, 6) is 0.169. The molecule has 0 unspecified atom stereocenters. The minimum absolute atomic E-state index is 0.306. The van der Waals surface area contributed by atoms with Gasteiger partial charge in [-0.25, -0.2) is 0 Å². The minimum atomic E-state index is -0.306. The number of amides is 1. The highest BCUT2D eigenvalue weighted by Gasteiger charge is 2.18. The van der Waals surface area contributed by atoms with Gasteiger partial charge in [0.05, 0.1) is 23.7 Å². The number of rotatable bonds is 4. The quantitative estimate of drug-likeness (QED) is 0.745. The largest absolute Gasteiger partial charge is 0.493 e. The first-order valence-corrected chi connectivity index (χ1v) is 6.38. The molecule has 1 aromatic carbocycles. The first-order valence-electron chi connectivity index (χ1n) is 6.38. The van der Waals surface area contributed by atoms with Gasteiger partial charge < -0.3 is 15.8 Å². The van der Waals surface area contributed by atoms with E-state index in [4.69, 9.17) is 10.5 Å². The molecule has 0 bridgehead atoms. The predicted molar refractivity (Wildman–Crippen MR) is 78.0 cm³/mol. The van der Waals surface area contributed by atoms with E-state index in [1.165, 1.54) is 0 Å². The van der Waals surface area contributed by atoms with Crippen LogP contribution in [0.4, 0.5) is 11.4 Å². The van der Waals surface area contributed by atoms with Gasteiger partial charge in [0.15, 0.2) is 0 Å². The average Bonchev–Trinajstić information content (AvgIpc) is 2.71. The number of anilines is 2. The lowest BCUT2D eigenvalue weighted by Gasteiger charge is -2.12. The number of nitrogens with zero attached hydrogens (tertiary/aromatic N) is 1. The van der Waals surface area contributed by atoms with Crippen molar-refractivity contribution in [2.24, 2.45) is 0 Å². The summed E-state index contributed by atoms with van der Waals surface area (Å²) in [7, 11) is 0. The molecule has 1 amide bonds. The molecule has 0 aliphatic heterocycles. The summed E-state index contributed by atoms with van der Waals surface area (Å²) in [6.07, 6.45) is 0. The molecule has 20 heavy (non-hydrogen) atoms. The summed E-state index contributed by atoms with van der Waals surface area (Å²) in [6.45, 7) is 5.98. The Hall–Kier alpha value is -2.50. The van der Waals surface area contributed by atoms with Gasteiger partial charge in [0.25, 0.3) is 5.91 Å². The van der Waals surface area contributed by atoms with Crippen LogP contribution in [0.3, 0.4) is 0 Å². The number of aromatic amines is 1. The number of benzene rings is 1. The van der Waals surface area contributed by atoms with Gasteiger partial charge in [-0.05, 0) is 32.9 Å². The summed E-state index contributed by atoms with van der Waals surface area (Å²) in [5.41, 5.74) is 8.80. The summed E-state index contributed by atoms with van der Waals surface area (Å²) >= 11 is 0. The number of nitrogens with two attached hydrogens (primary N) is 1. The third kappa shape index (κ3) is 2.59. The Morgan fingerprint density at radius 1 is 1.45 bits per heavy atom. The molecule has 6 heteroatoms. The van der Waals surface area contributed by atoms with Crippen LogP contribution in [0, 0.1) is 13.8 Å². The minimum Gasteiger partial charge on any atom is -0.493 e. The highest BCUT2D eigenvalue weighted by molar-refractivity contribution is 6.10. The molecule has 1 aromatic heterocycles. The number of H-pyrrole nitrogens is 1. The maximum Gasteiger partial charge on any atom is 0.261 e. The molecule has 0 aliphatic carbocycles. The van der Waals surface area contributed by atoms with E-state index in [0.29, 0.717) is 29.3 Å². The second kappa shape index (κ2) is 5.64. The van der Waals surface area contributed by atoms with E-state index in [1.807, 2.05) is 20.8 Å². The van der Waals surface area contributed by atoms with Crippen LogP contribution in [0.2, 0.25) is 0 Å². The van der Waals surface area contributed by atoms with E-state index < -0.39 is 0 Å². The van der Waals surface area contributed by atoms with Crippen molar-refractivity contribution in [1.82, 2.24) is 10.2 Å². The lowest BCUT2D eigenvalue weighted by molar-refractivity contribution is 0.102. The molecule has 0 saturated carbocycles. The van der Waals surface area contributed by atoms with Gasteiger partial charge in [0, 0.05) is 5.69 Å². The molecule has 2 rings (SSSR count). The number of nitrogen functional groups attached to an aromatic ring is 1. The number of carbonyl (C=O) groups excluding carboxylic acids is 1. The normalized spacial score (nSPS) is 10.3. The number of hydrogen-bond acceptors (Lipinski definition) is 4. The zero-order valence-electron chi connectivity index (χ0n) is 11.8. The van der Waals surface area contributed by atoms with Crippen LogP contribution in [0.5, 0.6) is 5.75 Å². The molecule has 0 atom stereocenters. The molecule has 6 nitrogen and oxygen atoms in total. The number of hydrogen-bond donors (Lipinski definition) is 3. The van der Waals surface area contributed by atoms with Gasteiger partial charge >= 0.3 is 0 Å². The van der Waals surface area contributed by atoms with Crippen LogP contribution in [0.15, 0.2) is 18.2 Å². The van der Waals surface area contributed by atoms with Gasteiger partial charge in [0.1, 0.15) is 11.3 Å². The van der Waals surface area contributed by atoms with Gasteiger partial charge in [-0.2, -0.15) is 5.10 Å². The van der Waals surface area contributed by atoms with Crippen molar-refractivity contribution >= 4 is 17.3 Å². The van der Waals surface area contributed by atoms with Crippen molar-refractivity contribution in [3.63, 3.8) is 0 Å². The van der Waals surface area contributed by atoms with Crippen LogP contribution in [0.25, 0.3) is 0 Å². The summed E-state index contributed by atoms with van der Waals surface area (Å²) in [5, 5.41) is 9.68. The fourth-order valence-electron chi connectivity index (χ4n) is 1.98. The zero-order chi connectivity index (χ0) is 14.7. The third-order valence-electron chi connectivity index (χ3n) is 2.95. The maximum atomic E-state index is 12.4. The Morgan fingerprint density at radius 3 is 2.80 bits per heavy atom. The van der Waals surface area contributed by atoms with Gasteiger partial charge in [-0.3, -0.25) is 9.89 Å². The van der Waals surface area contributed by atoms with E-state index in [2.05, 4.69) is 15.5 Å². The van der Waals surface area contributed by atoms with Crippen LogP contribution >= 0.6 is 0 Å². The smallest absolute Gasteiger partial charge is 0.261 e. The first-order chi connectivity index (χ1) is 9.54. The molecule has 4 N–H and O–H groups in total. The Labute approximate surface area is 117 Å². The number of nitrogens with one attached hydrogen (secondary N) is 2. The molecule has 106 valence electrons. The number of aromatic nitrogens is 2. The number of carbonyl (C=O) groups is 1. The summed E-state index contributed by atoms with van der Waals surface area (Å²) in [4.78, 5) is 12.4. The van der Waals surface area contributed by atoms with Crippen molar-refractivity contribution in [3.8, 4) is 5.75 Å². The summed E-state index contributed by atoms with van der Waals surface area (Å²) < 4.78 is 5.45. The van der Waals surface area contributed by atoms with Crippen molar-refractivity contribution in [2.45, 2.75) is 20.8 Å². The third-order valence-corrected chi connectivity index (χ3v) is 2.95. The second-order valence-corrected chi connectivity index (χ2v) is 4.42. The molecule has 0 spiro atoms. The standard InChI is InChI=1S/C14H18N4O2/c1-4-20-11-7-5-6-10(15)12(11)14(19)16-13-8(2)17-18-9(13)3/h5-7H,4,15H2,1-3H3,(H,16,19)(H,17,18). The zero-order valence-corrected chi connectivity index (χ0v) is 11.8. The van der Waals surface area contributed by atoms with E-state index in [9.17, 15) is 4.79 Å². The Kier molecular flexibility index (Phi) is 3.93. The molecule has 1 heterocycles. The van der Waals surface area contributed by atoms with Crippen molar-refractivity contribution in [1.29, 1.82) is 0 Å². The number of aryl methyl sites for hydroxylation is 2. The fraction of sp³-hybridized carbons (Fsp3) is 0.286. The summed E-state index contributed by atoms with van der Waals surface area (Å²) in [6, 6.07) is 5.15. The van der Waals surface area contributed by atoms with Crippen molar-refractivity contribution < 1.29 is 9.53 Å². The average molecular weight is 274 g/mol. The molecule has 0 saturated heterocycles. The van der Waals surface area contributed by atoms with Crippen LogP contribution < -0.4 is 15.8 Å². The van der Waals surface area contributed by atoms with E-state index in [0.717, 1.165) is 11.4 Å². The molecule has 0 aliphatic rings. The van der Waals surface area contributed by atoms with Crippen LogP contribution in [-0.4, -0.2) is 22.7 Å². The Bertz CT molecular complexity index is 615. The lowest BCUT2D eigenvalue weighted by Crippen LogP contribution is -2.16. The molecule has 0 fully saturated rings. The van der Waals surface area contributed by atoms with Crippen LogP contribution in [-0.2, 0) is 0 Å². The number of ether oxygens (including phenoxy) is 1. The fourth-order valence-corrected chi connectivity index (χ4v) is 1.98. The molecular weight excluding hydrogens is 256 g/mol. The molecule has 0 radical (unpaired) electrons. The molecular formula is C14H18N4O2. The maximum absolute atomic E-state index is 12.4. The monoisotopic (exact) mass is 274 g/mol. The topological polar surface area (TPSA) is 93.0 Å². The highest BCUT2D eigenvalue weighted by Crippen LogP contribution is 2.26. The van der Waals surface area contributed by atoms with Gasteiger partial charge in [-0.15, -0.1) is 0 Å². The SMILES string of the molecule is CCOc1cccc(N)c1C(=O)Nc1c(C)n[nH]c1C. The van der Waals surface area contributed by atoms with Crippen molar-refractivity contribution in [3.05, 3.63) is 35.2 Å².